The number of nitrogens with one attached hydrogen (secondary N) is 1. The number of carbonyl (C=O) groups excluding carboxylic acids is 2. The molecular formula is C11H17F3N2O2. The van der Waals surface area contributed by atoms with E-state index in [0.29, 0.717) is 13.0 Å². The Hall–Kier alpha value is -1.27. The van der Waals surface area contributed by atoms with Gasteiger partial charge in [0.2, 0.25) is 11.8 Å². The number of alkyl halides is 3. The zero-order valence-electron chi connectivity index (χ0n) is 10.4. The van der Waals surface area contributed by atoms with Crippen LogP contribution >= 0.6 is 0 Å². The van der Waals surface area contributed by atoms with E-state index in [2.05, 4.69) is 5.32 Å². The van der Waals surface area contributed by atoms with Crippen LogP contribution in [0.3, 0.4) is 0 Å². The lowest BCUT2D eigenvalue weighted by Crippen LogP contribution is -2.51. The van der Waals surface area contributed by atoms with Crippen LogP contribution in [-0.4, -0.2) is 42.0 Å². The smallest absolute Gasteiger partial charge is 0.345 e. The summed E-state index contributed by atoms with van der Waals surface area (Å²) in [5.74, 6) is -2.29. The van der Waals surface area contributed by atoms with Gasteiger partial charge in [0, 0.05) is 20.0 Å². The van der Waals surface area contributed by atoms with Gasteiger partial charge < -0.3 is 10.2 Å². The SMILES string of the molecule is CC(=O)NC(C)C(=O)N1CCCC(C(F)(F)F)C1. The summed E-state index contributed by atoms with van der Waals surface area (Å²) in [5.41, 5.74) is 0. The van der Waals surface area contributed by atoms with Gasteiger partial charge in [-0.15, -0.1) is 0 Å². The van der Waals surface area contributed by atoms with E-state index in [0.717, 1.165) is 0 Å². The Labute approximate surface area is 104 Å². The van der Waals surface area contributed by atoms with Crippen molar-refractivity contribution >= 4 is 11.8 Å². The standard InChI is InChI=1S/C11H17F3N2O2/c1-7(15-8(2)17)10(18)16-5-3-4-9(6-16)11(12,13)14/h7,9H,3-6H2,1-2H3,(H,15,17). The third-order valence-corrected chi connectivity index (χ3v) is 2.99. The molecule has 2 amide bonds. The number of halogens is 3. The molecule has 2 atom stereocenters. The average molecular weight is 266 g/mol. The van der Waals surface area contributed by atoms with Crippen molar-refractivity contribution in [2.24, 2.45) is 5.92 Å². The number of piperidine rings is 1. The lowest BCUT2D eigenvalue weighted by atomic mass is 9.97. The molecule has 1 saturated heterocycles. The van der Waals surface area contributed by atoms with Gasteiger partial charge in [0.1, 0.15) is 6.04 Å². The molecule has 1 aliphatic rings. The quantitative estimate of drug-likeness (QED) is 0.819. The molecule has 4 nitrogen and oxygen atoms in total. The van der Waals surface area contributed by atoms with Crippen molar-refractivity contribution in [1.29, 1.82) is 0 Å². The number of likely N-dealkylation sites (tertiary alicyclic amines) is 1. The van der Waals surface area contributed by atoms with Gasteiger partial charge in [0.15, 0.2) is 0 Å². The summed E-state index contributed by atoms with van der Waals surface area (Å²) in [6.45, 7) is 2.74. The van der Waals surface area contributed by atoms with Crippen molar-refractivity contribution in [1.82, 2.24) is 10.2 Å². The summed E-state index contributed by atoms with van der Waals surface area (Å²) in [4.78, 5) is 23.8. The fraction of sp³-hybridized carbons (Fsp3) is 0.818. The zero-order chi connectivity index (χ0) is 13.9. The molecule has 1 rings (SSSR count). The number of amides is 2. The van der Waals surface area contributed by atoms with Crippen molar-refractivity contribution in [3.63, 3.8) is 0 Å². The normalized spacial score (nSPS) is 22.5. The molecule has 104 valence electrons. The summed E-state index contributed by atoms with van der Waals surface area (Å²) in [6.07, 6.45) is -3.87. The van der Waals surface area contributed by atoms with E-state index in [1.54, 1.807) is 0 Å². The second-order valence-corrected chi connectivity index (χ2v) is 4.59. The first-order chi connectivity index (χ1) is 8.21. The Morgan fingerprint density at radius 1 is 1.39 bits per heavy atom. The minimum absolute atomic E-state index is 0.0573. The van der Waals surface area contributed by atoms with Crippen LogP contribution in [0.15, 0.2) is 0 Å². The molecule has 2 unspecified atom stereocenters. The predicted molar refractivity (Wildman–Crippen MR) is 58.6 cm³/mol. The van der Waals surface area contributed by atoms with Crippen LogP contribution in [-0.2, 0) is 9.59 Å². The topological polar surface area (TPSA) is 49.4 Å². The first kappa shape index (κ1) is 14.8. The summed E-state index contributed by atoms with van der Waals surface area (Å²) in [7, 11) is 0. The molecule has 1 heterocycles. The highest BCUT2D eigenvalue weighted by Crippen LogP contribution is 2.33. The van der Waals surface area contributed by atoms with Crippen LogP contribution in [0, 0.1) is 5.92 Å². The molecule has 0 aliphatic carbocycles. The van der Waals surface area contributed by atoms with Crippen molar-refractivity contribution in [3.05, 3.63) is 0 Å². The number of carbonyl (C=O) groups is 2. The summed E-state index contributed by atoms with van der Waals surface area (Å²) < 4.78 is 37.7. The Bertz CT molecular complexity index is 331. The van der Waals surface area contributed by atoms with Crippen LogP contribution in [0.5, 0.6) is 0 Å². The molecule has 0 aromatic carbocycles. The lowest BCUT2D eigenvalue weighted by Gasteiger charge is -2.35. The summed E-state index contributed by atoms with van der Waals surface area (Å²) in [6, 6.07) is -0.783. The minimum atomic E-state index is -4.27. The number of hydrogen-bond donors (Lipinski definition) is 1. The maximum Gasteiger partial charge on any atom is 0.393 e. The molecule has 0 spiro atoms. The summed E-state index contributed by atoms with van der Waals surface area (Å²) >= 11 is 0. The van der Waals surface area contributed by atoms with Gasteiger partial charge in [-0.3, -0.25) is 9.59 Å². The molecule has 7 heteroatoms. The molecule has 1 N–H and O–H groups in total. The van der Waals surface area contributed by atoms with Crippen molar-refractivity contribution < 1.29 is 22.8 Å². The van der Waals surface area contributed by atoms with E-state index in [1.165, 1.54) is 18.7 Å². The number of rotatable bonds is 2. The third-order valence-electron chi connectivity index (χ3n) is 2.99. The molecule has 18 heavy (non-hydrogen) atoms. The van der Waals surface area contributed by atoms with Crippen molar-refractivity contribution in [3.8, 4) is 0 Å². The van der Waals surface area contributed by atoms with E-state index in [9.17, 15) is 22.8 Å². The van der Waals surface area contributed by atoms with Gasteiger partial charge in [-0.1, -0.05) is 0 Å². The molecule has 0 saturated carbocycles. The van der Waals surface area contributed by atoms with Crippen molar-refractivity contribution in [2.75, 3.05) is 13.1 Å². The van der Waals surface area contributed by atoms with Crippen LogP contribution in [0.2, 0.25) is 0 Å². The zero-order valence-corrected chi connectivity index (χ0v) is 10.4. The van der Waals surface area contributed by atoms with E-state index >= 15 is 0 Å². The van der Waals surface area contributed by atoms with Gasteiger partial charge in [0.05, 0.1) is 5.92 Å². The monoisotopic (exact) mass is 266 g/mol. The third kappa shape index (κ3) is 3.89. The molecule has 1 fully saturated rings. The van der Waals surface area contributed by atoms with Crippen LogP contribution in [0.4, 0.5) is 13.2 Å². The molecular weight excluding hydrogens is 249 g/mol. The molecule has 0 radical (unpaired) electrons. The highest BCUT2D eigenvalue weighted by atomic mass is 19.4. The fourth-order valence-corrected chi connectivity index (χ4v) is 2.08. The second-order valence-electron chi connectivity index (χ2n) is 4.59. The van der Waals surface area contributed by atoms with E-state index < -0.39 is 24.0 Å². The van der Waals surface area contributed by atoms with Gasteiger partial charge in [-0.2, -0.15) is 13.2 Å². The molecule has 0 aromatic rings. The van der Waals surface area contributed by atoms with Crippen molar-refractivity contribution in [2.45, 2.75) is 38.9 Å². The number of nitrogens with zero attached hydrogens (tertiary/aromatic N) is 1. The van der Waals surface area contributed by atoms with E-state index in [4.69, 9.17) is 0 Å². The number of hydrogen-bond acceptors (Lipinski definition) is 2. The Morgan fingerprint density at radius 2 is 2.00 bits per heavy atom. The van der Waals surface area contributed by atoms with E-state index in [1.807, 2.05) is 0 Å². The van der Waals surface area contributed by atoms with Crippen LogP contribution < -0.4 is 5.32 Å². The minimum Gasteiger partial charge on any atom is -0.345 e. The predicted octanol–water partition coefficient (Wildman–Crippen LogP) is 1.31. The molecule has 0 bridgehead atoms. The first-order valence-electron chi connectivity index (χ1n) is 5.84. The van der Waals surface area contributed by atoms with Gasteiger partial charge in [0.25, 0.3) is 0 Å². The maximum absolute atomic E-state index is 12.6. The Balaban J connectivity index is 2.61. The average Bonchev–Trinajstić information content (AvgIpc) is 2.26. The Kier molecular flexibility index (Phi) is 4.59. The first-order valence-corrected chi connectivity index (χ1v) is 5.84. The highest BCUT2D eigenvalue weighted by Gasteiger charge is 2.43. The molecule has 1 aliphatic heterocycles. The maximum atomic E-state index is 12.6. The lowest BCUT2D eigenvalue weighted by molar-refractivity contribution is -0.188. The van der Waals surface area contributed by atoms with Gasteiger partial charge in [-0.05, 0) is 19.8 Å². The largest absolute Gasteiger partial charge is 0.393 e. The van der Waals surface area contributed by atoms with Crippen LogP contribution in [0.1, 0.15) is 26.7 Å². The summed E-state index contributed by atoms with van der Waals surface area (Å²) in [5, 5.41) is 2.38. The Morgan fingerprint density at radius 3 is 2.50 bits per heavy atom. The van der Waals surface area contributed by atoms with Gasteiger partial charge in [-0.25, -0.2) is 0 Å². The van der Waals surface area contributed by atoms with Crippen LogP contribution in [0.25, 0.3) is 0 Å². The molecule has 0 aromatic heterocycles. The second kappa shape index (κ2) is 5.58. The van der Waals surface area contributed by atoms with E-state index in [-0.39, 0.29) is 18.9 Å². The fourth-order valence-electron chi connectivity index (χ4n) is 2.08. The van der Waals surface area contributed by atoms with Gasteiger partial charge >= 0.3 is 6.18 Å². The highest BCUT2D eigenvalue weighted by molar-refractivity contribution is 5.86.